The SMILES string of the molecule is Cc1nc(NCC(=O)NC2CC2)c2c(C)c(C)sc2n1. The first-order chi connectivity index (χ1) is 9.54. The summed E-state index contributed by atoms with van der Waals surface area (Å²) < 4.78 is 0. The van der Waals surface area contributed by atoms with E-state index in [1.807, 2.05) is 6.92 Å². The molecular weight excluding hydrogens is 272 g/mol. The Hall–Kier alpha value is -1.69. The zero-order valence-electron chi connectivity index (χ0n) is 11.9. The molecule has 5 nitrogen and oxygen atoms in total. The zero-order chi connectivity index (χ0) is 14.3. The van der Waals surface area contributed by atoms with Crippen molar-refractivity contribution in [3.8, 4) is 0 Å². The first-order valence-corrected chi connectivity index (χ1v) is 7.64. The van der Waals surface area contributed by atoms with Gasteiger partial charge in [0.15, 0.2) is 0 Å². The second-order valence-electron chi connectivity index (χ2n) is 5.28. The van der Waals surface area contributed by atoms with Crippen molar-refractivity contribution < 1.29 is 4.79 Å². The lowest BCUT2D eigenvalue weighted by atomic mass is 10.2. The molecule has 2 aromatic rings. The summed E-state index contributed by atoms with van der Waals surface area (Å²) in [6.45, 7) is 6.29. The maximum Gasteiger partial charge on any atom is 0.239 e. The predicted molar refractivity (Wildman–Crippen MR) is 81.3 cm³/mol. The first kappa shape index (κ1) is 13.3. The number of fused-ring (bicyclic) bond motifs is 1. The molecule has 0 spiro atoms. The van der Waals surface area contributed by atoms with E-state index in [-0.39, 0.29) is 12.5 Å². The molecule has 6 heteroatoms. The minimum atomic E-state index is 0.0292. The third-order valence-electron chi connectivity index (χ3n) is 3.50. The molecule has 1 aliphatic rings. The van der Waals surface area contributed by atoms with Gasteiger partial charge in [-0.15, -0.1) is 11.3 Å². The van der Waals surface area contributed by atoms with E-state index in [1.54, 1.807) is 11.3 Å². The van der Waals surface area contributed by atoms with Gasteiger partial charge in [-0.2, -0.15) is 0 Å². The molecule has 2 aromatic heterocycles. The van der Waals surface area contributed by atoms with Crippen molar-refractivity contribution in [2.45, 2.75) is 39.7 Å². The smallest absolute Gasteiger partial charge is 0.239 e. The largest absolute Gasteiger partial charge is 0.360 e. The minimum absolute atomic E-state index is 0.0292. The molecule has 3 rings (SSSR count). The van der Waals surface area contributed by atoms with Gasteiger partial charge in [-0.3, -0.25) is 4.79 Å². The molecule has 1 aliphatic carbocycles. The fourth-order valence-corrected chi connectivity index (χ4v) is 3.23. The van der Waals surface area contributed by atoms with Crippen LogP contribution in [-0.2, 0) is 4.79 Å². The Morgan fingerprint density at radius 2 is 2.05 bits per heavy atom. The zero-order valence-corrected chi connectivity index (χ0v) is 12.7. The number of anilines is 1. The molecule has 0 bridgehead atoms. The molecule has 0 aliphatic heterocycles. The number of carbonyl (C=O) groups excluding carboxylic acids is 1. The lowest BCUT2D eigenvalue weighted by molar-refractivity contribution is -0.119. The standard InChI is InChI=1S/C14H18N4OS/c1-7-8(2)20-14-12(7)13(16-9(3)17-14)15-6-11(19)18-10-4-5-10/h10H,4-6H2,1-3H3,(H,18,19)(H,15,16,17). The monoisotopic (exact) mass is 290 g/mol. The maximum absolute atomic E-state index is 11.8. The van der Waals surface area contributed by atoms with E-state index in [1.165, 1.54) is 10.4 Å². The highest BCUT2D eigenvalue weighted by atomic mass is 32.1. The molecule has 20 heavy (non-hydrogen) atoms. The quantitative estimate of drug-likeness (QED) is 0.907. The highest BCUT2D eigenvalue weighted by Crippen LogP contribution is 2.33. The van der Waals surface area contributed by atoms with Gasteiger partial charge in [0.05, 0.1) is 11.9 Å². The average Bonchev–Trinajstić information content (AvgIpc) is 3.14. The van der Waals surface area contributed by atoms with E-state index in [9.17, 15) is 4.79 Å². The summed E-state index contributed by atoms with van der Waals surface area (Å²) in [5, 5.41) is 7.16. The van der Waals surface area contributed by atoms with Crippen LogP contribution in [0.4, 0.5) is 5.82 Å². The van der Waals surface area contributed by atoms with Gasteiger partial charge >= 0.3 is 0 Å². The van der Waals surface area contributed by atoms with Gasteiger partial charge in [-0.05, 0) is 39.2 Å². The van der Waals surface area contributed by atoms with Gasteiger partial charge < -0.3 is 10.6 Å². The molecule has 1 saturated carbocycles. The molecule has 2 heterocycles. The van der Waals surface area contributed by atoms with Crippen molar-refractivity contribution in [3.05, 3.63) is 16.3 Å². The molecule has 0 atom stereocenters. The van der Waals surface area contributed by atoms with Crippen molar-refractivity contribution in [2.75, 3.05) is 11.9 Å². The minimum Gasteiger partial charge on any atom is -0.360 e. The normalized spacial score (nSPS) is 14.6. The van der Waals surface area contributed by atoms with Crippen molar-refractivity contribution >= 4 is 33.3 Å². The second-order valence-corrected chi connectivity index (χ2v) is 6.48. The van der Waals surface area contributed by atoms with E-state index in [2.05, 4.69) is 34.4 Å². The van der Waals surface area contributed by atoms with Crippen LogP contribution in [0.5, 0.6) is 0 Å². The van der Waals surface area contributed by atoms with Crippen LogP contribution < -0.4 is 10.6 Å². The van der Waals surface area contributed by atoms with Crippen LogP contribution in [0.15, 0.2) is 0 Å². The number of aryl methyl sites for hydroxylation is 3. The van der Waals surface area contributed by atoms with E-state index in [0.29, 0.717) is 6.04 Å². The van der Waals surface area contributed by atoms with Crippen molar-refractivity contribution in [2.24, 2.45) is 0 Å². The van der Waals surface area contributed by atoms with E-state index < -0.39 is 0 Å². The van der Waals surface area contributed by atoms with E-state index >= 15 is 0 Å². The fraction of sp³-hybridized carbons (Fsp3) is 0.500. The Bertz CT molecular complexity index is 675. The molecule has 0 unspecified atom stereocenters. The molecule has 0 radical (unpaired) electrons. The molecule has 1 amide bonds. The second kappa shape index (κ2) is 5.01. The van der Waals surface area contributed by atoms with Crippen molar-refractivity contribution in [3.63, 3.8) is 0 Å². The number of amides is 1. The van der Waals surface area contributed by atoms with Gasteiger partial charge in [0.25, 0.3) is 0 Å². The Morgan fingerprint density at radius 3 is 2.75 bits per heavy atom. The van der Waals surface area contributed by atoms with Crippen molar-refractivity contribution in [1.82, 2.24) is 15.3 Å². The third kappa shape index (κ3) is 2.60. The molecule has 0 saturated heterocycles. The number of carbonyl (C=O) groups is 1. The lowest BCUT2D eigenvalue weighted by Crippen LogP contribution is -2.31. The number of thiophene rings is 1. The molecular formula is C14H18N4OS. The van der Waals surface area contributed by atoms with Crippen molar-refractivity contribution in [1.29, 1.82) is 0 Å². The van der Waals surface area contributed by atoms with Crippen LogP contribution in [0.25, 0.3) is 10.2 Å². The summed E-state index contributed by atoms with van der Waals surface area (Å²) in [5.41, 5.74) is 1.19. The Balaban J connectivity index is 1.83. The lowest BCUT2D eigenvalue weighted by Gasteiger charge is -2.08. The van der Waals surface area contributed by atoms with Gasteiger partial charge in [-0.1, -0.05) is 0 Å². The van der Waals surface area contributed by atoms with Gasteiger partial charge in [0, 0.05) is 10.9 Å². The summed E-state index contributed by atoms with van der Waals surface area (Å²) in [4.78, 5) is 22.9. The average molecular weight is 290 g/mol. The molecule has 0 aromatic carbocycles. The number of nitrogens with one attached hydrogen (secondary N) is 2. The van der Waals surface area contributed by atoms with E-state index in [4.69, 9.17) is 0 Å². The summed E-state index contributed by atoms with van der Waals surface area (Å²) in [6, 6.07) is 0.390. The topological polar surface area (TPSA) is 66.9 Å². The number of hydrogen-bond acceptors (Lipinski definition) is 5. The molecule has 106 valence electrons. The highest BCUT2D eigenvalue weighted by molar-refractivity contribution is 7.18. The first-order valence-electron chi connectivity index (χ1n) is 6.82. The third-order valence-corrected chi connectivity index (χ3v) is 4.60. The van der Waals surface area contributed by atoms with Gasteiger partial charge in [-0.25, -0.2) is 9.97 Å². The van der Waals surface area contributed by atoms with Gasteiger partial charge in [0.2, 0.25) is 5.91 Å². The number of aromatic nitrogens is 2. The predicted octanol–water partition coefficient (Wildman–Crippen LogP) is 2.31. The van der Waals surface area contributed by atoms with Crippen LogP contribution in [0.1, 0.15) is 29.1 Å². The van der Waals surface area contributed by atoms with E-state index in [0.717, 1.165) is 34.7 Å². The maximum atomic E-state index is 11.8. The van der Waals surface area contributed by atoms with Crippen LogP contribution in [-0.4, -0.2) is 28.5 Å². The fourth-order valence-electron chi connectivity index (χ4n) is 2.15. The molecule has 1 fully saturated rings. The number of hydrogen-bond donors (Lipinski definition) is 2. The number of rotatable bonds is 4. The van der Waals surface area contributed by atoms with Crippen LogP contribution in [0, 0.1) is 20.8 Å². The summed E-state index contributed by atoms with van der Waals surface area (Å²) in [6.07, 6.45) is 2.21. The Kier molecular flexibility index (Phi) is 3.33. The van der Waals surface area contributed by atoms with Crippen LogP contribution in [0.3, 0.4) is 0 Å². The van der Waals surface area contributed by atoms with Crippen LogP contribution in [0.2, 0.25) is 0 Å². The molecule has 2 N–H and O–H groups in total. The highest BCUT2D eigenvalue weighted by Gasteiger charge is 2.23. The Labute approximate surface area is 121 Å². The van der Waals surface area contributed by atoms with Crippen LogP contribution >= 0.6 is 11.3 Å². The summed E-state index contributed by atoms with van der Waals surface area (Å²) >= 11 is 1.67. The number of nitrogens with zero attached hydrogens (tertiary/aromatic N) is 2. The summed E-state index contributed by atoms with van der Waals surface area (Å²) in [5.74, 6) is 1.52. The Morgan fingerprint density at radius 1 is 1.30 bits per heavy atom. The van der Waals surface area contributed by atoms with Gasteiger partial charge in [0.1, 0.15) is 16.5 Å². The summed E-state index contributed by atoms with van der Waals surface area (Å²) in [7, 11) is 0.